The van der Waals surface area contributed by atoms with Crippen molar-refractivity contribution in [3.05, 3.63) is 76.4 Å². The maximum Gasteiger partial charge on any atom is 0.338 e. The Morgan fingerprint density at radius 3 is 2.35 bits per heavy atom. The molecule has 3 nitrogen and oxygen atoms in total. The van der Waals surface area contributed by atoms with Gasteiger partial charge < -0.3 is 9.84 Å². The van der Waals surface area contributed by atoms with Gasteiger partial charge in [-0.25, -0.2) is 4.79 Å². The number of allylic oxidation sites excluding steroid dienone is 1. The highest BCUT2D eigenvalue weighted by Crippen LogP contribution is 2.45. The van der Waals surface area contributed by atoms with Crippen LogP contribution < -0.4 is 0 Å². The van der Waals surface area contributed by atoms with Crippen LogP contribution in [0.25, 0.3) is 5.57 Å². The van der Waals surface area contributed by atoms with Crippen LogP contribution in [0.4, 0.5) is 0 Å². The molecule has 1 aliphatic carbocycles. The van der Waals surface area contributed by atoms with Crippen LogP contribution in [0.1, 0.15) is 86.5 Å². The van der Waals surface area contributed by atoms with E-state index in [9.17, 15) is 9.90 Å². The molecule has 0 heterocycles. The van der Waals surface area contributed by atoms with Gasteiger partial charge in [-0.15, -0.1) is 0 Å². The molecule has 0 atom stereocenters. The van der Waals surface area contributed by atoms with Crippen molar-refractivity contribution in [2.75, 3.05) is 13.2 Å². The average Bonchev–Trinajstić information content (AvgIpc) is 2.75. The summed E-state index contributed by atoms with van der Waals surface area (Å²) in [7, 11) is 0. The number of aliphatic hydroxyl groups excluding tert-OH is 1. The third-order valence-corrected chi connectivity index (χ3v) is 6.66. The van der Waals surface area contributed by atoms with Crippen LogP contribution in [-0.4, -0.2) is 24.3 Å². The molecule has 0 aliphatic heterocycles. The van der Waals surface area contributed by atoms with Crippen molar-refractivity contribution in [2.24, 2.45) is 0 Å². The highest BCUT2D eigenvalue weighted by molar-refractivity contribution is 5.90. The number of aryl methyl sites for hydroxylation is 1. The first-order chi connectivity index (χ1) is 14.7. The van der Waals surface area contributed by atoms with Crippen molar-refractivity contribution in [1.29, 1.82) is 0 Å². The van der Waals surface area contributed by atoms with Crippen molar-refractivity contribution >= 4 is 11.5 Å². The Bertz CT molecular complexity index is 966. The molecule has 0 bridgehead atoms. The molecule has 0 amide bonds. The summed E-state index contributed by atoms with van der Waals surface area (Å²) in [6.45, 7) is 11.5. The SMILES string of the molecule is CCOC(=O)c1cccc(/C(=C/CCc2ccc3c(c2)C(C)(C)CCC3(C)C)CO)c1. The van der Waals surface area contributed by atoms with E-state index in [0.717, 1.165) is 24.0 Å². The van der Waals surface area contributed by atoms with Gasteiger partial charge in [0.1, 0.15) is 0 Å². The summed E-state index contributed by atoms with van der Waals surface area (Å²) in [5.41, 5.74) is 6.95. The lowest BCUT2D eigenvalue weighted by Crippen LogP contribution is -2.33. The van der Waals surface area contributed by atoms with E-state index >= 15 is 0 Å². The minimum atomic E-state index is -0.332. The maximum absolute atomic E-state index is 12.0. The van der Waals surface area contributed by atoms with Crippen molar-refractivity contribution in [2.45, 2.75) is 71.1 Å². The van der Waals surface area contributed by atoms with Gasteiger partial charge >= 0.3 is 5.97 Å². The Morgan fingerprint density at radius 1 is 1.00 bits per heavy atom. The molecule has 166 valence electrons. The number of rotatable bonds is 7. The number of carbonyl (C=O) groups is 1. The van der Waals surface area contributed by atoms with Gasteiger partial charge in [-0.1, -0.05) is 64.1 Å². The van der Waals surface area contributed by atoms with Crippen LogP contribution in [0, 0.1) is 0 Å². The molecular formula is C28H36O3. The fourth-order valence-electron chi connectivity index (χ4n) is 4.54. The summed E-state index contributed by atoms with van der Waals surface area (Å²) in [6, 6.07) is 14.3. The van der Waals surface area contributed by atoms with Gasteiger partial charge in [0.15, 0.2) is 0 Å². The van der Waals surface area contributed by atoms with E-state index in [1.807, 2.05) is 12.1 Å². The molecule has 3 rings (SSSR count). The van der Waals surface area contributed by atoms with E-state index in [4.69, 9.17) is 4.74 Å². The van der Waals surface area contributed by atoms with Crippen molar-refractivity contribution in [1.82, 2.24) is 0 Å². The number of hydrogen-bond donors (Lipinski definition) is 1. The summed E-state index contributed by atoms with van der Waals surface area (Å²) in [5, 5.41) is 9.91. The molecule has 2 aromatic carbocycles. The van der Waals surface area contributed by atoms with E-state index in [-0.39, 0.29) is 23.4 Å². The normalized spacial score (nSPS) is 17.2. The molecule has 0 saturated heterocycles. The number of fused-ring (bicyclic) bond motifs is 1. The minimum Gasteiger partial charge on any atom is -0.462 e. The largest absolute Gasteiger partial charge is 0.462 e. The van der Waals surface area contributed by atoms with Crippen LogP contribution in [0.15, 0.2) is 48.5 Å². The Kier molecular flexibility index (Phi) is 7.06. The predicted octanol–water partition coefficient (Wildman–Crippen LogP) is 6.22. The topological polar surface area (TPSA) is 46.5 Å². The second-order valence-electron chi connectivity index (χ2n) is 9.88. The zero-order chi connectivity index (χ0) is 22.6. The molecule has 3 heteroatoms. The first-order valence-electron chi connectivity index (χ1n) is 11.4. The van der Waals surface area contributed by atoms with E-state index in [1.165, 1.54) is 29.5 Å². The molecule has 0 fully saturated rings. The number of aliphatic hydroxyl groups is 1. The fourth-order valence-corrected chi connectivity index (χ4v) is 4.54. The predicted molar refractivity (Wildman–Crippen MR) is 128 cm³/mol. The van der Waals surface area contributed by atoms with Gasteiger partial charge in [-0.05, 0) is 83.4 Å². The van der Waals surface area contributed by atoms with Gasteiger partial charge in [0.25, 0.3) is 0 Å². The third kappa shape index (κ3) is 5.27. The Labute approximate surface area is 187 Å². The molecule has 1 aliphatic rings. The number of ether oxygens (including phenoxy) is 1. The maximum atomic E-state index is 12.0. The molecule has 31 heavy (non-hydrogen) atoms. The number of hydrogen-bond acceptors (Lipinski definition) is 3. The number of benzene rings is 2. The van der Waals surface area contributed by atoms with Gasteiger partial charge in [0.2, 0.25) is 0 Å². The smallest absolute Gasteiger partial charge is 0.338 e. The average molecular weight is 421 g/mol. The fraction of sp³-hybridized carbons (Fsp3) is 0.464. The van der Waals surface area contributed by atoms with Gasteiger partial charge in [0, 0.05) is 0 Å². The van der Waals surface area contributed by atoms with E-state index in [0.29, 0.717) is 12.2 Å². The van der Waals surface area contributed by atoms with Crippen molar-refractivity contribution < 1.29 is 14.6 Å². The summed E-state index contributed by atoms with van der Waals surface area (Å²) in [5.74, 6) is -0.332. The van der Waals surface area contributed by atoms with E-state index in [2.05, 4.69) is 52.0 Å². The van der Waals surface area contributed by atoms with Crippen LogP contribution in [-0.2, 0) is 22.0 Å². The van der Waals surface area contributed by atoms with Gasteiger partial charge in [0.05, 0.1) is 18.8 Å². The van der Waals surface area contributed by atoms with Crippen molar-refractivity contribution in [3.8, 4) is 0 Å². The summed E-state index contributed by atoms with van der Waals surface area (Å²) in [6.07, 6.45) is 6.27. The van der Waals surface area contributed by atoms with Crippen molar-refractivity contribution in [3.63, 3.8) is 0 Å². The highest BCUT2D eigenvalue weighted by Gasteiger charge is 2.36. The van der Waals surface area contributed by atoms with Crippen LogP contribution >= 0.6 is 0 Å². The summed E-state index contributed by atoms with van der Waals surface area (Å²) >= 11 is 0. The molecular weight excluding hydrogens is 384 g/mol. The lowest BCUT2D eigenvalue weighted by atomic mass is 9.63. The molecule has 0 unspecified atom stereocenters. The van der Waals surface area contributed by atoms with Crippen LogP contribution in [0.5, 0.6) is 0 Å². The second-order valence-corrected chi connectivity index (χ2v) is 9.88. The van der Waals surface area contributed by atoms with E-state index in [1.54, 1.807) is 19.1 Å². The quantitative estimate of drug-likeness (QED) is 0.541. The first kappa shape index (κ1) is 23.3. The molecule has 2 aromatic rings. The standard InChI is InChI=1S/C28H36O3/c1-6-31-26(30)22-11-8-10-21(18-22)23(19-29)12-7-9-20-13-14-24-25(17-20)28(4,5)16-15-27(24,2)3/h8,10-14,17-18,29H,6-7,9,15-16,19H2,1-5H3/b23-12+. The van der Waals surface area contributed by atoms with Gasteiger partial charge in [-0.2, -0.15) is 0 Å². The lowest BCUT2D eigenvalue weighted by molar-refractivity contribution is 0.0526. The molecule has 0 saturated carbocycles. The third-order valence-electron chi connectivity index (χ3n) is 6.66. The molecule has 0 radical (unpaired) electrons. The summed E-state index contributed by atoms with van der Waals surface area (Å²) in [4.78, 5) is 12.0. The molecule has 0 spiro atoms. The first-order valence-corrected chi connectivity index (χ1v) is 11.4. The minimum absolute atomic E-state index is 0.0579. The molecule has 1 N–H and O–H groups in total. The zero-order valence-corrected chi connectivity index (χ0v) is 19.6. The zero-order valence-electron chi connectivity index (χ0n) is 19.6. The van der Waals surface area contributed by atoms with Gasteiger partial charge in [-0.3, -0.25) is 0 Å². The van der Waals surface area contributed by atoms with E-state index < -0.39 is 0 Å². The second kappa shape index (κ2) is 9.40. The number of carbonyl (C=O) groups excluding carboxylic acids is 1. The summed E-state index contributed by atoms with van der Waals surface area (Å²) < 4.78 is 5.09. The highest BCUT2D eigenvalue weighted by atomic mass is 16.5. The monoisotopic (exact) mass is 420 g/mol. The van der Waals surface area contributed by atoms with Crippen LogP contribution in [0.2, 0.25) is 0 Å². The lowest BCUT2D eigenvalue weighted by Gasteiger charge is -2.42. The Hall–Kier alpha value is -2.39. The Balaban J connectivity index is 1.77. The number of esters is 1. The Morgan fingerprint density at radius 2 is 1.68 bits per heavy atom. The van der Waals surface area contributed by atoms with Crippen LogP contribution in [0.3, 0.4) is 0 Å². The molecule has 0 aromatic heterocycles.